The summed E-state index contributed by atoms with van der Waals surface area (Å²) in [7, 11) is 0. The number of hydrogen-bond donors (Lipinski definition) is 2. The number of ether oxygens (including phenoxy) is 1. The Bertz CT molecular complexity index is 820. The first kappa shape index (κ1) is 21.6. The second-order valence-electron chi connectivity index (χ2n) is 7.87. The van der Waals surface area contributed by atoms with E-state index in [0.717, 1.165) is 25.9 Å². The first-order valence-corrected chi connectivity index (χ1v) is 10.0. The molecular weight excluding hydrogens is 395 g/mol. The number of benzene rings is 1. The lowest BCUT2D eigenvalue weighted by atomic mass is 9.87. The molecule has 2 N–H and O–H groups in total. The Hall–Kier alpha value is -2.12. The minimum atomic E-state index is -0.713. The smallest absolute Gasteiger partial charge is 0.248 e. The zero-order valence-electron chi connectivity index (χ0n) is 16.6. The van der Waals surface area contributed by atoms with Gasteiger partial charge in [-0.05, 0) is 75.4 Å². The summed E-state index contributed by atoms with van der Waals surface area (Å²) in [4.78, 5) is 13.2. The van der Waals surface area contributed by atoms with Crippen molar-refractivity contribution in [3.05, 3.63) is 48.0 Å². The van der Waals surface area contributed by atoms with E-state index in [1.54, 1.807) is 16.9 Å². The van der Waals surface area contributed by atoms with Crippen molar-refractivity contribution in [1.29, 1.82) is 0 Å². The van der Waals surface area contributed by atoms with Gasteiger partial charge < -0.3 is 15.4 Å². The number of nitrogens with zero attached hydrogens (tertiary/aromatic N) is 2. The lowest BCUT2D eigenvalue weighted by Gasteiger charge is -2.37. The van der Waals surface area contributed by atoms with Crippen molar-refractivity contribution >= 4 is 18.3 Å². The van der Waals surface area contributed by atoms with E-state index in [9.17, 15) is 9.18 Å². The molecule has 0 bridgehead atoms. The molecule has 1 aliphatic carbocycles. The molecule has 158 valence electrons. The molecule has 1 saturated heterocycles. The van der Waals surface area contributed by atoms with E-state index in [-0.39, 0.29) is 35.9 Å². The maximum absolute atomic E-state index is 14.4. The summed E-state index contributed by atoms with van der Waals surface area (Å²) in [6.07, 6.45) is 7.18. The predicted molar refractivity (Wildman–Crippen MR) is 111 cm³/mol. The summed E-state index contributed by atoms with van der Waals surface area (Å²) < 4.78 is 21.7. The molecule has 0 spiro atoms. The normalized spacial score (nSPS) is 19.1. The molecule has 2 fully saturated rings. The molecule has 1 aliphatic heterocycles. The van der Waals surface area contributed by atoms with Gasteiger partial charge >= 0.3 is 0 Å². The molecule has 1 unspecified atom stereocenters. The monoisotopic (exact) mass is 422 g/mol. The van der Waals surface area contributed by atoms with Gasteiger partial charge in [-0.25, -0.2) is 4.39 Å². The van der Waals surface area contributed by atoms with Crippen LogP contribution in [-0.4, -0.2) is 35.4 Å². The minimum Gasteiger partial charge on any atom is -0.490 e. The van der Waals surface area contributed by atoms with Crippen LogP contribution in [0.25, 0.3) is 0 Å². The number of nitrogens with one attached hydrogen (secondary N) is 2. The summed E-state index contributed by atoms with van der Waals surface area (Å²) in [5, 5.41) is 10.7. The van der Waals surface area contributed by atoms with Crippen LogP contribution in [0, 0.1) is 11.7 Å². The number of halogens is 2. The molecule has 29 heavy (non-hydrogen) atoms. The first-order chi connectivity index (χ1) is 13.6. The highest BCUT2D eigenvalue weighted by Gasteiger charge is 2.42. The molecule has 0 radical (unpaired) electrons. The Morgan fingerprint density at radius 2 is 2.17 bits per heavy atom. The van der Waals surface area contributed by atoms with Crippen LogP contribution in [0.15, 0.2) is 36.7 Å². The third-order valence-electron chi connectivity index (χ3n) is 5.77. The van der Waals surface area contributed by atoms with Crippen molar-refractivity contribution < 1.29 is 13.9 Å². The zero-order valence-corrected chi connectivity index (χ0v) is 17.4. The maximum atomic E-state index is 14.4. The average molecular weight is 423 g/mol. The average Bonchev–Trinajstić information content (AvgIpc) is 3.37. The molecule has 1 saturated carbocycles. The van der Waals surface area contributed by atoms with Crippen LogP contribution in [-0.2, 0) is 10.3 Å². The number of carbonyl (C=O) groups is 1. The summed E-state index contributed by atoms with van der Waals surface area (Å²) in [6, 6.07) is 6.44. The van der Waals surface area contributed by atoms with Crippen molar-refractivity contribution in [2.45, 2.75) is 44.2 Å². The van der Waals surface area contributed by atoms with Crippen LogP contribution in [0.3, 0.4) is 0 Å². The predicted octanol–water partition coefficient (Wildman–Crippen LogP) is 3.19. The molecule has 1 atom stereocenters. The molecular formula is C21H28ClFN4O2. The van der Waals surface area contributed by atoms with E-state index in [1.807, 2.05) is 25.3 Å². The molecule has 1 aromatic carbocycles. The zero-order chi connectivity index (χ0) is 19.6. The van der Waals surface area contributed by atoms with Crippen LogP contribution in [0.4, 0.5) is 4.39 Å². The third kappa shape index (κ3) is 4.73. The number of hydrogen-bond acceptors (Lipinski definition) is 4. The highest BCUT2D eigenvalue weighted by molar-refractivity contribution is 5.85. The lowest BCUT2D eigenvalue weighted by molar-refractivity contribution is -0.132. The Balaban J connectivity index is 0.00000240. The summed E-state index contributed by atoms with van der Waals surface area (Å²) in [5.41, 5.74) is 0.00340. The molecule has 1 aromatic heterocycles. The second kappa shape index (κ2) is 9.13. The standard InChI is InChI=1S/C21H27FN4O2.ClH/c1-15(17-5-6-19(18(22)13-17)28-14-16-3-4-16)25-20(27)21(7-10-23-11-8-21)26-12-2-9-24-26;/h2,5-6,9,12-13,15-16,23H,3-4,7-8,10-11,14H2,1H3,(H,25,27);1H. The summed E-state index contributed by atoms with van der Waals surface area (Å²) >= 11 is 0. The Kier molecular flexibility index (Phi) is 6.80. The van der Waals surface area contributed by atoms with Gasteiger partial charge in [0, 0.05) is 12.4 Å². The third-order valence-corrected chi connectivity index (χ3v) is 5.77. The highest BCUT2D eigenvalue weighted by atomic mass is 35.5. The fourth-order valence-electron chi connectivity index (χ4n) is 3.73. The Morgan fingerprint density at radius 1 is 1.41 bits per heavy atom. The van der Waals surface area contributed by atoms with E-state index in [1.165, 1.54) is 6.07 Å². The Morgan fingerprint density at radius 3 is 2.79 bits per heavy atom. The van der Waals surface area contributed by atoms with E-state index in [0.29, 0.717) is 30.9 Å². The van der Waals surface area contributed by atoms with Crippen LogP contribution in [0.1, 0.15) is 44.2 Å². The number of piperidine rings is 1. The van der Waals surface area contributed by atoms with Gasteiger partial charge in [-0.1, -0.05) is 6.07 Å². The first-order valence-electron chi connectivity index (χ1n) is 10.0. The number of carbonyl (C=O) groups excluding carboxylic acids is 1. The van der Waals surface area contributed by atoms with Crippen molar-refractivity contribution in [2.75, 3.05) is 19.7 Å². The van der Waals surface area contributed by atoms with Gasteiger partial charge in [0.1, 0.15) is 5.54 Å². The van der Waals surface area contributed by atoms with Gasteiger partial charge in [-0.2, -0.15) is 5.10 Å². The molecule has 1 amide bonds. The topological polar surface area (TPSA) is 68.2 Å². The number of amides is 1. The summed E-state index contributed by atoms with van der Waals surface area (Å²) in [5.74, 6) is 0.379. The lowest BCUT2D eigenvalue weighted by Crippen LogP contribution is -2.55. The SMILES string of the molecule is CC(NC(=O)C1(n2cccn2)CCNCC1)c1ccc(OCC2CC2)c(F)c1.Cl. The molecule has 2 aromatic rings. The fraction of sp³-hybridized carbons (Fsp3) is 0.524. The highest BCUT2D eigenvalue weighted by Crippen LogP contribution is 2.31. The summed E-state index contributed by atoms with van der Waals surface area (Å²) in [6.45, 7) is 3.95. The Labute approximate surface area is 176 Å². The molecule has 8 heteroatoms. The number of aromatic nitrogens is 2. The molecule has 2 heterocycles. The molecule has 4 rings (SSSR count). The van der Waals surface area contributed by atoms with Gasteiger partial charge in [-0.15, -0.1) is 12.4 Å². The fourth-order valence-corrected chi connectivity index (χ4v) is 3.73. The van der Waals surface area contributed by atoms with Crippen molar-refractivity contribution in [2.24, 2.45) is 5.92 Å². The molecule has 2 aliphatic rings. The second-order valence-corrected chi connectivity index (χ2v) is 7.87. The maximum Gasteiger partial charge on any atom is 0.248 e. The van der Waals surface area contributed by atoms with Crippen molar-refractivity contribution in [3.63, 3.8) is 0 Å². The van der Waals surface area contributed by atoms with Crippen LogP contribution >= 0.6 is 12.4 Å². The van der Waals surface area contributed by atoms with Gasteiger partial charge in [0.25, 0.3) is 0 Å². The van der Waals surface area contributed by atoms with E-state index in [2.05, 4.69) is 15.7 Å². The van der Waals surface area contributed by atoms with Crippen LogP contribution in [0.5, 0.6) is 5.75 Å². The van der Waals surface area contributed by atoms with Gasteiger partial charge in [0.15, 0.2) is 11.6 Å². The molecule has 6 nitrogen and oxygen atoms in total. The van der Waals surface area contributed by atoms with Crippen LogP contribution in [0.2, 0.25) is 0 Å². The van der Waals surface area contributed by atoms with Crippen LogP contribution < -0.4 is 15.4 Å². The van der Waals surface area contributed by atoms with Gasteiger partial charge in [0.2, 0.25) is 5.91 Å². The largest absolute Gasteiger partial charge is 0.490 e. The van der Waals surface area contributed by atoms with E-state index in [4.69, 9.17) is 4.74 Å². The van der Waals surface area contributed by atoms with Gasteiger partial charge in [0.05, 0.1) is 12.6 Å². The quantitative estimate of drug-likeness (QED) is 0.719. The van der Waals surface area contributed by atoms with Gasteiger partial charge in [-0.3, -0.25) is 9.48 Å². The van der Waals surface area contributed by atoms with E-state index < -0.39 is 5.54 Å². The van der Waals surface area contributed by atoms with E-state index >= 15 is 0 Å². The van der Waals surface area contributed by atoms with Crippen molar-refractivity contribution in [1.82, 2.24) is 20.4 Å². The van der Waals surface area contributed by atoms with Crippen molar-refractivity contribution in [3.8, 4) is 5.75 Å². The number of rotatable bonds is 7. The minimum absolute atomic E-state index is 0.